The van der Waals surface area contributed by atoms with Crippen LogP contribution in [0.3, 0.4) is 0 Å². The normalized spacial score (nSPS) is 12.7. The van der Waals surface area contributed by atoms with Crippen molar-refractivity contribution in [2.45, 2.75) is 129 Å². The Morgan fingerprint density at radius 1 is 0.667 bits per heavy atom. The first-order valence-electron chi connectivity index (χ1n) is 11.1. The van der Waals surface area contributed by atoms with Crippen molar-refractivity contribution in [1.82, 2.24) is 0 Å². The summed E-state index contributed by atoms with van der Waals surface area (Å²) < 4.78 is 31.4. The molecule has 0 fully saturated rings. The summed E-state index contributed by atoms with van der Waals surface area (Å²) in [6.45, 7) is 2.26. The van der Waals surface area contributed by atoms with Crippen molar-refractivity contribution in [3.05, 3.63) is 0 Å². The molecule has 1 unspecified atom stereocenters. The maximum Gasteiger partial charge on any atom is 1.00 e. The van der Waals surface area contributed by atoms with Crippen LogP contribution in [0.15, 0.2) is 0 Å². The second-order valence-corrected chi connectivity index (χ2v) is 9.32. The van der Waals surface area contributed by atoms with Gasteiger partial charge in [0.1, 0.15) is 0 Å². The summed E-state index contributed by atoms with van der Waals surface area (Å²) in [4.78, 5) is 0. The van der Waals surface area contributed by atoms with Crippen molar-refractivity contribution in [3.8, 4) is 0 Å². The van der Waals surface area contributed by atoms with Crippen LogP contribution >= 0.6 is 0 Å². The molecule has 0 aromatic rings. The standard InChI is InChI=1S/C21H44O4S.Na/c1-2-3-4-5-6-7-8-9-10-11-12-13-15-18-21(22)19-16-14-17-20-26(23,24)25;/h21-22H,2-20H2,1H3,(H,23,24,25);/q;+1/p-1. The van der Waals surface area contributed by atoms with Gasteiger partial charge in [-0.05, 0) is 19.3 Å². The van der Waals surface area contributed by atoms with E-state index >= 15 is 0 Å². The number of hydrogen-bond acceptors (Lipinski definition) is 4. The van der Waals surface area contributed by atoms with E-state index in [4.69, 9.17) is 0 Å². The van der Waals surface area contributed by atoms with Crippen LogP contribution in [-0.4, -0.2) is 29.9 Å². The van der Waals surface area contributed by atoms with E-state index in [1.165, 1.54) is 77.0 Å². The molecule has 4 nitrogen and oxygen atoms in total. The summed E-state index contributed by atoms with van der Waals surface area (Å²) in [5.74, 6) is -0.276. The second kappa shape index (κ2) is 21.6. The zero-order chi connectivity index (χ0) is 19.5. The molecule has 0 rings (SSSR count). The van der Waals surface area contributed by atoms with Crippen molar-refractivity contribution in [3.63, 3.8) is 0 Å². The molecule has 1 N–H and O–H groups in total. The van der Waals surface area contributed by atoms with Gasteiger partial charge in [0.15, 0.2) is 0 Å². The molecular weight excluding hydrogens is 371 g/mol. The number of rotatable bonds is 20. The zero-order valence-electron chi connectivity index (χ0n) is 18.1. The molecule has 158 valence electrons. The molecule has 0 aliphatic heterocycles. The summed E-state index contributed by atoms with van der Waals surface area (Å²) >= 11 is 0. The number of hydrogen-bond donors (Lipinski definition) is 1. The Morgan fingerprint density at radius 3 is 1.37 bits per heavy atom. The van der Waals surface area contributed by atoms with E-state index in [-0.39, 0.29) is 41.4 Å². The predicted octanol–water partition coefficient (Wildman–Crippen LogP) is 2.94. The van der Waals surface area contributed by atoms with Crippen LogP contribution in [0, 0.1) is 0 Å². The minimum absolute atomic E-state index is 0. The topological polar surface area (TPSA) is 77.4 Å². The van der Waals surface area contributed by atoms with Crippen molar-refractivity contribution >= 4 is 10.1 Å². The second-order valence-electron chi connectivity index (χ2n) is 7.80. The molecule has 0 aliphatic rings. The average Bonchev–Trinajstić information content (AvgIpc) is 2.57. The van der Waals surface area contributed by atoms with E-state index in [9.17, 15) is 18.1 Å². The number of aliphatic hydroxyl groups is 1. The molecule has 27 heavy (non-hydrogen) atoms. The molecule has 0 aliphatic carbocycles. The van der Waals surface area contributed by atoms with Crippen molar-refractivity contribution in [2.24, 2.45) is 0 Å². The summed E-state index contributed by atoms with van der Waals surface area (Å²) in [5.41, 5.74) is 0. The number of unbranched alkanes of at least 4 members (excludes halogenated alkanes) is 14. The van der Waals surface area contributed by atoms with E-state index in [1.807, 2.05) is 0 Å². The van der Waals surface area contributed by atoms with Gasteiger partial charge in [0.2, 0.25) is 0 Å². The van der Waals surface area contributed by atoms with Gasteiger partial charge in [-0.3, -0.25) is 0 Å². The van der Waals surface area contributed by atoms with E-state index in [0.717, 1.165) is 25.7 Å². The maximum absolute atomic E-state index is 10.5. The number of aliphatic hydroxyl groups excluding tert-OH is 1. The van der Waals surface area contributed by atoms with Crippen LogP contribution in [0.2, 0.25) is 0 Å². The molecule has 0 saturated heterocycles. The molecule has 0 bridgehead atoms. The van der Waals surface area contributed by atoms with Crippen molar-refractivity contribution in [1.29, 1.82) is 0 Å². The molecule has 0 saturated carbocycles. The third kappa shape index (κ3) is 26.9. The summed E-state index contributed by atoms with van der Waals surface area (Å²) in [6, 6.07) is 0. The van der Waals surface area contributed by atoms with Crippen molar-refractivity contribution in [2.75, 3.05) is 5.75 Å². The third-order valence-electron chi connectivity index (χ3n) is 5.07. The van der Waals surface area contributed by atoms with E-state index < -0.39 is 10.1 Å². The van der Waals surface area contributed by atoms with Crippen LogP contribution in [0.4, 0.5) is 0 Å². The SMILES string of the molecule is CCCCCCCCCCCCCCCC(O)CCCCCS(=O)(=O)[O-].[Na+]. The maximum atomic E-state index is 10.5. The first kappa shape index (κ1) is 30.1. The Morgan fingerprint density at radius 2 is 1.00 bits per heavy atom. The van der Waals surface area contributed by atoms with E-state index in [1.54, 1.807) is 0 Å². The quantitative estimate of drug-likeness (QED) is 0.189. The van der Waals surface area contributed by atoms with Gasteiger partial charge in [-0.15, -0.1) is 0 Å². The predicted molar refractivity (Wildman–Crippen MR) is 109 cm³/mol. The Labute approximate surface area is 191 Å². The van der Waals surface area contributed by atoms with Crippen LogP contribution in [0.1, 0.15) is 122 Å². The smallest absolute Gasteiger partial charge is 0.748 e. The van der Waals surface area contributed by atoms with Gasteiger partial charge in [0, 0.05) is 5.75 Å². The Bertz CT molecular complexity index is 388. The fourth-order valence-corrected chi connectivity index (χ4v) is 3.94. The first-order valence-corrected chi connectivity index (χ1v) is 12.6. The van der Waals surface area contributed by atoms with E-state index in [0.29, 0.717) is 12.8 Å². The van der Waals surface area contributed by atoms with Gasteiger partial charge in [0.25, 0.3) is 0 Å². The van der Waals surface area contributed by atoms with Crippen LogP contribution in [0.25, 0.3) is 0 Å². The largest absolute Gasteiger partial charge is 1.00 e. The third-order valence-corrected chi connectivity index (χ3v) is 5.86. The Kier molecular flexibility index (Phi) is 24.0. The average molecular weight is 415 g/mol. The van der Waals surface area contributed by atoms with Crippen LogP contribution < -0.4 is 29.6 Å². The van der Waals surface area contributed by atoms with Gasteiger partial charge in [-0.1, -0.05) is 103 Å². The van der Waals surface area contributed by atoms with Gasteiger partial charge in [-0.2, -0.15) is 0 Å². The zero-order valence-corrected chi connectivity index (χ0v) is 20.9. The molecule has 0 amide bonds. The molecular formula is C21H43NaO4S. The molecule has 0 heterocycles. The molecule has 1 atom stereocenters. The van der Waals surface area contributed by atoms with Crippen LogP contribution in [-0.2, 0) is 10.1 Å². The fraction of sp³-hybridized carbons (Fsp3) is 1.00. The van der Waals surface area contributed by atoms with Gasteiger partial charge in [-0.25, -0.2) is 8.42 Å². The molecule has 0 aromatic carbocycles. The minimum atomic E-state index is -4.07. The van der Waals surface area contributed by atoms with Crippen LogP contribution in [0.5, 0.6) is 0 Å². The monoisotopic (exact) mass is 414 g/mol. The van der Waals surface area contributed by atoms with Gasteiger partial charge >= 0.3 is 29.6 Å². The summed E-state index contributed by atoms with van der Waals surface area (Å²) in [6.07, 6.45) is 20.5. The fourth-order valence-electron chi connectivity index (χ4n) is 3.38. The molecule has 0 radical (unpaired) electrons. The Balaban J connectivity index is 0. The first-order chi connectivity index (χ1) is 12.5. The summed E-state index contributed by atoms with van der Waals surface area (Å²) in [5, 5.41) is 9.91. The van der Waals surface area contributed by atoms with Gasteiger partial charge in [0.05, 0.1) is 16.2 Å². The molecule has 6 heteroatoms. The van der Waals surface area contributed by atoms with Crippen molar-refractivity contribution < 1.29 is 47.6 Å². The molecule has 0 spiro atoms. The van der Waals surface area contributed by atoms with E-state index in [2.05, 4.69) is 6.92 Å². The van der Waals surface area contributed by atoms with Gasteiger partial charge < -0.3 is 9.66 Å². The molecule has 0 aromatic heterocycles. The summed E-state index contributed by atoms with van der Waals surface area (Å²) in [7, 11) is -4.07. The minimum Gasteiger partial charge on any atom is -0.748 e. The Hall–Kier alpha value is 0.870.